The van der Waals surface area contributed by atoms with Gasteiger partial charge in [-0.3, -0.25) is 5.16 Å². The van der Waals surface area contributed by atoms with Gasteiger partial charge in [-0.05, 0) is 41.5 Å². The fourth-order valence-electron chi connectivity index (χ4n) is 3.53. The Hall–Kier alpha value is -2.66. The van der Waals surface area contributed by atoms with Crippen molar-refractivity contribution in [3.8, 4) is 0 Å². The highest BCUT2D eigenvalue weighted by Gasteiger charge is 2.32. The summed E-state index contributed by atoms with van der Waals surface area (Å²) >= 11 is 0. The van der Waals surface area contributed by atoms with E-state index in [2.05, 4.69) is 116 Å². The minimum Gasteiger partial charge on any atom is -0.259 e. The van der Waals surface area contributed by atoms with Crippen molar-refractivity contribution in [1.82, 2.24) is 0 Å². The molecule has 144 valence electrons. The molecule has 4 rings (SSSR count). The summed E-state index contributed by atoms with van der Waals surface area (Å²) in [5, 5.41) is 12.0. The lowest BCUT2D eigenvalue weighted by molar-refractivity contribution is -0.0825. The van der Waals surface area contributed by atoms with Crippen LogP contribution in [0, 0.1) is 0 Å². The maximum Gasteiger partial charge on any atom is 0.262 e. The Labute approximate surface area is 173 Å². The van der Waals surface area contributed by atoms with Gasteiger partial charge in [-0.25, -0.2) is 4.52 Å². The Morgan fingerprint density at radius 1 is 0.483 bits per heavy atom. The molecule has 0 saturated carbocycles. The Morgan fingerprint density at radius 3 is 1.07 bits per heavy atom. The fraction of sp³-hybridized carbons (Fsp3) is 0.0400. The molecule has 0 amide bonds. The molecule has 4 aromatic carbocycles. The van der Waals surface area contributed by atoms with E-state index in [-0.39, 0.29) is 0 Å². The molecular formula is C25H25N2P2+. The molecule has 29 heavy (non-hydrogen) atoms. The van der Waals surface area contributed by atoms with Gasteiger partial charge in [0.05, 0.1) is 10.6 Å². The Bertz CT molecular complexity index is 1090. The first kappa shape index (κ1) is 19.6. The third kappa shape index (κ3) is 3.92. The first-order valence-corrected chi connectivity index (χ1v) is 13.6. The van der Waals surface area contributed by atoms with E-state index in [1.54, 1.807) is 0 Å². The average Bonchev–Trinajstić information content (AvgIpc) is 2.81. The van der Waals surface area contributed by atoms with Crippen LogP contribution in [0.1, 0.15) is 0 Å². The van der Waals surface area contributed by atoms with E-state index >= 15 is 0 Å². The molecule has 0 bridgehead atoms. The standard InChI is InChI=1S/C25H24N2P2/c1-28(22-14-6-2-7-15-22,23-16-8-3-9-17-23)27-29(26,24-18-10-4-11-19-24)25-20-12-5-13-21-25/h2-21,26H,1H3/p+1. The fourth-order valence-corrected chi connectivity index (χ4v) is 10.8. The monoisotopic (exact) mass is 415 g/mol. The zero-order valence-electron chi connectivity index (χ0n) is 16.5. The van der Waals surface area contributed by atoms with Crippen molar-refractivity contribution in [3.63, 3.8) is 0 Å². The van der Waals surface area contributed by atoms with Crippen LogP contribution < -0.4 is 26.4 Å². The van der Waals surface area contributed by atoms with Gasteiger partial charge in [0.1, 0.15) is 0 Å². The summed E-state index contributed by atoms with van der Waals surface area (Å²) in [6.45, 7) is 2.28. The summed E-state index contributed by atoms with van der Waals surface area (Å²) in [5.41, 5.74) is 0. The molecule has 0 unspecified atom stereocenters. The quantitative estimate of drug-likeness (QED) is 0.479. The predicted molar refractivity (Wildman–Crippen MR) is 128 cm³/mol. The van der Waals surface area contributed by atoms with Gasteiger partial charge in [0.2, 0.25) is 0 Å². The van der Waals surface area contributed by atoms with Gasteiger partial charge in [0.25, 0.3) is 7.21 Å². The third-order valence-electron chi connectivity index (χ3n) is 5.14. The van der Waals surface area contributed by atoms with Crippen molar-refractivity contribution in [2.45, 2.75) is 0 Å². The second-order valence-electron chi connectivity index (χ2n) is 7.08. The summed E-state index contributed by atoms with van der Waals surface area (Å²) in [4.78, 5) is 0. The van der Waals surface area contributed by atoms with E-state index in [0.717, 1.165) is 10.6 Å². The van der Waals surface area contributed by atoms with Gasteiger partial charge in [-0.1, -0.05) is 97.1 Å². The maximum absolute atomic E-state index is 7.27. The smallest absolute Gasteiger partial charge is 0.259 e. The highest BCUT2D eigenvalue weighted by atomic mass is 31.2. The van der Waals surface area contributed by atoms with Gasteiger partial charge < -0.3 is 0 Å². The van der Waals surface area contributed by atoms with Crippen LogP contribution in [0.15, 0.2) is 126 Å². The number of hydrogen-bond donors (Lipinski definition) is 1. The molecule has 0 aliphatic heterocycles. The van der Waals surface area contributed by atoms with Gasteiger partial charge in [-0.2, -0.15) is 0 Å². The third-order valence-corrected chi connectivity index (χ3v) is 12.5. The lowest BCUT2D eigenvalue weighted by Gasteiger charge is -2.25. The van der Waals surface area contributed by atoms with Gasteiger partial charge in [0, 0.05) is 7.05 Å². The molecule has 0 aliphatic rings. The average molecular weight is 415 g/mol. The SMILES string of the molecule is CP(=NP(=[NH2+])(c1ccccc1)c1ccccc1)(c1ccccc1)c1ccccc1. The Kier molecular flexibility index (Phi) is 5.67. The summed E-state index contributed by atoms with van der Waals surface area (Å²) in [5.74, 6) is 0. The van der Waals surface area contributed by atoms with Gasteiger partial charge in [-0.15, -0.1) is 0 Å². The zero-order valence-corrected chi connectivity index (χ0v) is 18.3. The lowest BCUT2D eigenvalue weighted by atomic mass is 10.4. The molecule has 0 fully saturated rings. The first-order valence-electron chi connectivity index (χ1n) is 9.64. The molecule has 0 aliphatic carbocycles. The van der Waals surface area contributed by atoms with Crippen LogP contribution in [0.2, 0.25) is 0 Å². The molecule has 0 heterocycles. The summed E-state index contributed by atoms with van der Waals surface area (Å²) < 4.78 is 5.62. The van der Waals surface area contributed by atoms with E-state index in [1.165, 1.54) is 10.6 Å². The largest absolute Gasteiger partial charge is 0.262 e. The minimum atomic E-state index is -2.45. The van der Waals surface area contributed by atoms with Crippen LogP contribution in [0.3, 0.4) is 0 Å². The lowest BCUT2D eigenvalue weighted by Crippen LogP contribution is -2.38. The summed E-state index contributed by atoms with van der Waals surface area (Å²) in [7, 11) is -4.53. The number of benzene rings is 4. The molecule has 0 aromatic heterocycles. The van der Waals surface area contributed by atoms with Crippen molar-refractivity contribution in [3.05, 3.63) is 121 Å². The summed E-state index contributed by atoms with van der Waals surface area (Å²) in [6, 6.07) is 41.9. The molecule has 0 saturated heterocycles. The van der Waals surface area contributed by atoms with Crippen LogP contribution in [-0.2, 0) is 0 Å². The normalized spacial score (nSPS) is 11.8. The maximum atomic E-state index is 7.27. The van der Waals surface area contributed by atoms with Crippen molar-refractivity contribution < 1.29 is 5.16 Å². The molecule has 0 radical (unpaired) electrons. The van der Waals surface area contributed by atoms with Crippen molar-refractivity contribution >= 4 is 35.5 Å². The molecule has 0 atom stereocenters. The first-order chi connectivity index (χ1) is 14.1. The number of hydrogen-bond acceptors (Lipinski definition) is 0. The van der Waals surface area contributed by atoms with Crippen LogP contribution >= 0.6 is 14.3 Å². The van der Waals surface area contributed by atoms with Crippen LogP contribution in [0.25, 0.3) is 0 Å². The highest BCUT2D eigenvalue weighted by molar-refractivity contribution is 7.89. The second-order valence-corrected chi connectivity index (χ2v) is 13.1. The molecule has 0 spiro atoms. The number of rotatable bonds is 5. The van der Waals surface area contributed by atoms with Crippen LogP contribution in [0.4, 0.5) is 0 Å². The minimum absolute atomic E-state index is 1.10. The molecule has 4 aromatic rings. The number of nitrogens with two attached hydrogens (primary N) is 1. The Morgan fingerprint density at radius 2 is 0.759 bits per heavy atom. The van der Waals surface area contributed by atoms with E-state index in [9.17, 15) is 0 Å². The van der Waals surface area contributed by atoms with E-state index in [1.807, 2.05) is 12.1 Å². The Balaban J connectivity index is 2.06. The summed E-state index contributed by atoms with van der Waals surface area (Å²) in [6.07, 6.45) is 0. The topological polar surface area (TPSA) is 38.0 Å². The molecular weight excluding hydrogens is 390 g/mol. The molecule has 4 heteroatoms. The van der Waals surface area contributed by atoms with Gasteiger partial charge >= 0.3 is 0 Å². The van der Waals surface area contributed by atoms with Crippen molar-refractivity contribution in [2.75, 3.05) is 6.66 Å². The molecule has 2 N–H and O–H groups in total. The van der Waals surface area contributed by atoms with E-state index < -0.39 is 14.3 Å². The van der Waals surface area contributed by atoms with Crippen LogP contribution in [0.5, 0.6) is 0 Å². The predicted octanol–water partition coefficient (Wildman–Crippen LogP) is 3.99. The van der Waals surface area contributed by atoms with Gasteiger partial charge in [0.15, 0.2) is 0 Å². The highest BCUT2D eigenvalue weighted by Crippen LogP contribution is 2.55. The zero-order chi connectivity index (χ0) is 20.2. The van der Waals surface area contributed by atoms with Crippen LogP contribution in [-0.4, -0.2) is 6.66 Å². The van der Waals surface area contributed by atoms with Crippen molar-refractivity contribution in [2.24, 2.45) is 4.52 Å². The van der Waals surface area contributed by atoms with E-state index in [4.69, 9.17) is 9.68 Å². The number of nitrogens with zero attached hydrogens (tertiary/aromatic N) is 1. The molecule has 2 nitrogen and oxygen atoms in total. The van der Waals surface area contributed by atoms with E-state index in [0.29, 0.717) is 0 Å². The second kappa shape index (κ2) is 8.37. The van der Waals surface area contributed by atoms with Crippen molar-refractivity contribution in [1.29, 1.82) is 0 Å².